The van der Waals surface area contributed by atoms with Gasteiger partial charge in [0.05, 0.1) is 4.47 Å². The average Bonchev–Trinajstić information content (AvgIpc) is 2.89. The molecule has 0 bridgehead atoms. The van der Waals surface area contributed by atoms with E-state index >= 15 is 0 Å². The van der Waals surface area contributed by atoms with Crippen molar-refractivity contribution >= 4 is 27.3 Å². The zero-order valence-electron chi connectivity index (χ0n) is 10.4. The molecule has 0 spiro atoms. The van der Waals surface area contributed by atoms with E-state index < -0.39 is 0 Å². The maximum atomic E-state index is 12.9. The summed E-state index contributed by atoms with van der Waals surface area (Å²) in [6.07, 6.45) is 1.04. The normalized spacial score (nSPS) is 10.6. The first-order valence-corrected chi connectivity index (χ1v) is 7.74. The first-order chi connectivity index (χ1) is 9.25. The van der Waals surface area contributed by atoms with Crippen molar-refractivity contribution in [3.63, 3.8) is 0 Å². The number of hydrogen-bond acceptors (Lipinski definition) is 3. The van der Waals surface area contributed by atoms with E-state index in [0.29, 0.717) is 16.8 Å². The molecular weight excluding hydrogens is 329 g/mol. The number of nitrogens with one attached hydrogen (secondary N) is 1. The molecule has 0 saturated carbocycles. The van der Waals surface area contributed by atoms with E-state index in [1.165, 1.54) is 17.0 Å². The molecule has 0 fully saturated rings. The van der Waals surface area contributed by atoms with Crippen LogP contribution in [0.5, 0.6) is 5.75 Å². The summed E-state index contributed by atoms with van der Waals surface area (Å²) in [4.78, 5) is 1.38. The van der Waals surface area contributed by atoms with Crippen LogP contribution < -0.4 is 10.1 Å². The lowest BCUT2D eigenvalue weighted by Crippen LogP contribution is -2.23. The SMILES string of the molecule is Fc1ccc(OCCNCCc2cccs2)c(Br)c1. The molecule has 0 aliphatic carbocycles. The summed E-state index contributed by atoms with van der Waals surface area (Å²) >= 11 is 5.05. The Balaban J connectivity index is 1.61. The Morgan fingerprint density at radius 1 is 1.26 bits per heavy atom. The van der Waals surface area contributed by atoms with Gasteiger partial charge in [0.2, 0.25) is 0 Å². The second-order valence-corrected chi connectivity index (χ2v) is 5.89. The fourth-order valence-corrected chi connectivity index (χ4v) is 2.79. The van der Waals surface area contributed by atoms with Crippen LogP contribution in [0.15, 0.2) is 40.2 Å². The van der Waals surface area contributed by atoms with E-state index in [4.69, 9.17) is 4.74 Å². The van der Waals surface area contributed by atoms with E-state index in [-0.39, 0.29) is 5.82 Å². The van der Waals surface area contributed by atoms with Gasteiger partial charge in [0.25, 0.3) is 0 Å². The van der Waals surface area contributed by atoms with Crippen LogP contribution in [0, 0.1) is 5.82 Å². The number of halogens is 2. The summed E-state index contributed by atoms with van der Waals surface area (Å²) < 4.78 is 19.1. The van der Waals surface area contributed by atoms with Gasteiger partial charge in [0.15, 0.2) is 0 Å². The summed E-state index contributed by atoms with van der Waals surface area (Å²) in [5, 5.41) is 5.40. The summed E-state index contributed by atoms with van der Waals surface area (Å²) in [7, 11) is 0. The van der Waals surface area contributed by atoms with Crippen molar-refractivity contribution in [3.8, 4) is 5.75 Å². The number of rotatable bonds is 7. The maximum absolute atomic E-state index is 12.9. The van der Waals surface area contributed by atoms with E-state index in [9.17, 15) is 4.39 Å². The lowest BCUT2D eigenvalue weighted by atomic mass is 10.3. The number of thiophene rings is 1. The van der Waals surface area contributed by atoms with Crippen LogP contribution in [0.2, 0.25) is 0 Å². The summed E-state index contributed by atoms with van der Waals surface area (Å²) in [5.41, 5.74) is 0. The molecule has 102 valence electrons. The van der Waals surface area contributed by atoms with Gasteiger partial charge < -0.3 is 10.1 Å². The highest BCUT2D eigenvalue weighted by Crippen LogP contribution is 2.25. The molecule has 2 rings (SSSR count). The minimum absolute atomic E-state index is 0.270. The third kappa shape index (κ3) is 4.93. The van der Waals surface area contributed by atoms with Crippen molar-refractivity contribution in [1.29, 1.82) is 0 Å². The van der Waals surface area contributed by atoms with Gasteiger partial charge in [-0.3, -0.25) is 0 Å². The molecule has 0 amide bonds. The van der Waals surface area contributed by atoms with E-state index in [2.05, 4.69) is 38.8 Å². The highest BCUT2D eigenvalue weighted by molar-refractivity contribution is 9.10. The first-order valence-electron chi connectivity index (χ1n) is 6.06. The molecule has 0 aliphatic rings. The molecule has 1 aromatic heterocycles. The van der Waals surface area contributed by atoms with E-state index in [1.54, 1.807) is 17.4 Å². The van der Waals surface area contributed by atoms with Crippen LogP contribution in [-0.4, -0.2) is 19.7 Å². The Morgan fingerprint density at radius 2 is 2.16 bits per heavy atom. The number of hydrogen-bond donors (Lipinski definition) is 1. The van der Waals surface area contributed by atoms with Gasteiger partial charge in [-0.05, 0) is 52.0 Å². The lowest BCUT2D eigenvalue weighted by molar-refractivity contribution is 0.312. The molecule has 1 N–H and O–H groups in total. The third-order valence-corrected chi connectivity index (χ3v) is 4.11. The quantitative estimate of drug-likeness (QED) is 0.770. The van der Waals surface area contributed by atoms with Crippen LogP contribution in [0.1, 0.15) is 4.88 Å². The van der Waals surface area contributed by atoms with Gasteiger partial charge in [-0.1, -0.05) is 6.07 Å². The van der Waals surface area contributed by atoms with E-state index in [0.717, 1.165) is 19.5 Å². The Morgan fingerprint density at radius 3 is 2.89 bits per heavy atom. The highest BCUT2D eigenvalue weighted by atomic mass is 79.9. The van der Waals surface area contributed by atoms with Crippen LogP contribution in [-0.2, 0) is 6.42 Å². The van der Waals surface area contributed by atoms with Crippen LogP contribution in [0.4, 0.5) is 4.39 Å². The smallest absolute Gasteiger partial charge is 0.133 e. The fourth-order valence-electron chi connectivity index (χ4n) is 1.62. The summed E-state index contributed by atoms with van der Waals surface area (Å²) in [6, 6.07) is 8.63. The minimum atomic E-state index is -0.270. The molecule has 0 unspecified atom stereocenters. The topological polar surface area (TPSA) is 21.3 Å². The third-order valence-electron chi connectivity index (χ3n) is 2.56. The summed E-state index contributed by atoms with van der Waals surface area (Å²) in [5.74, 6) is 0.398. The molecule has 19 heavy (non-hydrogen) atoms. The predicted octanol–water partition coefficient (Wildman–Crippen LogP) is 3.86. The van der Waals surface area contributed by atoms with E-state index in [1.807, 2.05) is 0 Å². The first kappa shape index (κ1) is 14.5. The molecule has 2 aromatic rings. The van der Waals surface area contributed by atoms with Gasteiger partial charge in [-0.15, -0.1) is 11.3 Å². The van der Waals surface area contributed by atoms with Gasteiger partial charge >= 0.3 is 0 Å². The van der Waals surface area contributed by atoms with Crippen molar-refractivity contribution in [3.05, 3.63) is 50.9 Å². The zero-order chi connectivity index (χ0) is 13.5. The van der Waals surface area contributed by atoms with Gasteiger partial charge in [0.1, 0.15) is 18.2 Å². The lowest BCUT2D eigenvalue weighted by Gasteiger charge is -2.08. The van der Waals surface area contributed by atoms with Crippen molar-refractivity contribution in [2.45, 2.75) is 6.42 Å². The molecule has 0 radical (unpaired) electrons. The molecule has 2 nitrogen and oxygen atoms in total. The molecule has 1 aromatic carbocycles. The van der Waals surface area contributed by atoms with Crippen LogP contribution >= 0.6 is 27.3 Å². The van der Waals surface area contributed by atoms with Crippen LogP contribution in [0.3, 0.4) is 0 Å². The zero-order valence-corrected chi connectivity index (χ0v) is 12.8. The minimum Gasteiger partial charge on any atom is -0.491 e. The van der Waals surface area contributed by atoms with Gasteiger partial charge in [-0.2, -0.15) is 0 Å². The Kier molecular flexibility index (Phi) is 5.82. The van der Waals surface area contributed by atoms with Crippen molar-refractivity contribution in [1.82, 2.24) is 5.32 Å². The molecule has 5 heteroatoms. The Hall–Kier alpha value is -0.910. The Bertz CT molecular complexity index is 504. The molecule has 0 saturated heterocycles. The van der Waals surface area contributed by atoms with Gasteiger partial charge in [0, 0.05) is 18.0 Å². The van der Waals surface area contributed by atoms with Crippen molar-refractivity contribution in [2.24, 2.45) is 0 Å². The molecule has 0 atom stereocenters. The van der Waals surface area contributed by atoms with Crippen molar-refractivity contribution < 1.29 is 9.13 Å². The highest BCUT2D eigenvalue weighted by Gasteiger charge is 2.02. The van der Waals surface area contributed by atoms with Crippen molar-refractivity contribution in [2.75, 3.05) is 19.7 Å². The standard InChI is InChI=1S/C14H15BrFNOS/c15-13-10-11(16)3-4-14(13)18-8-7-17-6-5-12-2-1-9-19-12/h1-4,9-10,17H,5-8H2. The fraction of sp³-hybridized carbons (Fsp3) is 0.286. The van der Waals surface area contributed by atoms with Gasteiger partial charge in [-0.25, -0.2) is 4.39 Å². The Labute approximate surface area is 124 Å². The predicted molar refractivity (Wildman–Crippen MR) is 80.5 cm³/mol. The monoisotopic (exact) mass is 343 g/mol. The molecular formula is C14H15BrFNOS. The number of benzene rings is 1. The number of ether oxygens (including phenoxy) is 1. The average molecular weight is 344 g/mol. The maximum Gasteiger partial charge on any atom is 0.133 e. The largest absolute Gasteiger partial charge is 0.491 e. The molecule has 1 heterocycles. The second-order valence-electron chi connectivity index (χ2n) is 4.00. The summed E-state index contributed by atoms with van der Waals surface area (Å²) in [6.45, 7) is 2.28. The molecule has 0 aliphatic heterocycles. The van der Waals surface area contributed by atoms with Crippen LogP contribution in [0.25, 0.3) is 0 Å². The second kappa shape index (κ2) is 7.62.